The van der Waals surface area contributed by atoms with E-state index in [1.165, 1.54) is 18.3 Å². The predicted octanol–water partition coefficient (Wildman–Crippen LogP) is 3.07. The topological polar surface area (TPSA) is 98.5 Å². The van der Waals surface area contributed by atoms with Gasteiger partial charge in [0.05, 0.1) is 12.0 Å². The molecule has 2 aromatic rings. The van der Waals surface area contributed by atoms with Gasteiger partial charge in [0.2, 0.25) is 0 Å². The Morgan fingerprint density at radius 3 is 2.64 bits per heavy atom. The Labute approximate surface area is 168 Å². The van der Waals surface area contributed by atoms with Crippen molar-refractivity contribution in [3.8, 4) is 0 Å². The number of nitrogens with one attached hydrogen (secondary N) is 1. The van der Waals surface area contributed by atoms with Crippen LogP contribution < -0.4 is 11.1 Å². The van der Waals surface area contributed by atoms with E-state index in [9.17, 15) is 14.4 Å². The average Bonchev–Trinajstić information content (AvgIpc) is 3.18. The highest BCUT2D eigenvalue weighted by Crippen LogP contribution is 2.38. The van der Waals surface area contributed by atoms with E-state index in [4.69, 9.17) is 10.5 Å². The van der Waals surface area contributed by atoms with Crippen LogP contribution in [0.2, 0.25) is 0 Å². The number of fused-ring (bicyclic) bond motifs is 1. The highest BCUT2D eigenvalue weighted by Gasteiger charge is 2.27. The minimum absolute atomic E-state index is 0.0958. The lowest BCUT2D eigenvalue weighted by atomic mass is 10.0. The lowest BCUT2D eigenvalue weighted by molar-refractivity contribution is -0.152. The molecule has 2 amide bonds. The first-order chi connectivity index (χ1) is 13.3. The van der Waals surface area contributed by atoms with Crippen molar-refractivity contribution in [2.75, 3.05) is 5.32 Å². The Bertz CT molecular complexity index is 948. The van der Waals surface area contributed by atoms with E-state index in [2.05, 4.69) is 5.32 Å². The zero-order valence-corrected chi connectivity index (χ0v) is 17.1. The fourth-order valence-corrected chi connectivity index (χ4v) is 4.64. The molecular weight excluding hydrogens is 376 g/mol. The van der Waals surface area contributed by atoms with Crippen molar-refractivity contribution in [3.05, 3.63) is 50.9 Å². The summed E-state index contributed by atoms with van der Waals surface area (Å²) in [6.45, 7) is 5.50. The monoisotopic (exact) mass is 400 g/mol. The second-order valence-corrected chi connectivity index (χ2v) is 8.25. The first-order valence-electron chi connectivity index (χ1n) is 9.27. The number of esters is 1. The molecule has 28 heavy (non-hydrogen) atoms. The normalized spacial score (nSPS) is 13.7. The van der Waals surface area contributed by atoms with Gasteiger partial charge in [-0.25, -0.2) is 0 Å². The Kier molecular flexibility index (Phi) is 5.84. The number of carbonyl (C=O) groups excluding carboxylic acids is 3. The Balaban J connectivity index is 1.63. The van der Waals surface area contributed by atoms with Crippen molar-refractivity contribution < 1.29 is 19.1 Å². The first-order valence-corrected chi connectivity index (χ1v) is 10.1. The van der Waals surface area contributed by atoms with E-state index in [0.29, 0.717) is 10.6 Å². The Morgan fingerprint density at radius 1 is 1.21 bits per heavy atom. The Morgan fingerprint density at radius 2 is 1.96 bits per heavy atom. The van der Waals surface area contributed by atoms with Gasteiger partial charge in [-0.05, 0) is 62.3 Å². The number of nitrogens with two attached hydrogens (primary N) is 1. The number of hydrogen-bond acceptors (Lipinski definition) is 5. The van der Waals surface area contributed by atoms with Crippen LogP contribution in [0.1, 0.15) is 50.8 Å². The standard InChI is InChI=1S/C21H24N2O4S/c1-11-7-8-14(9-12(11)2)10-17(24)27-13(3)20(26)23-21-18(19(22)25)15-5-4-6-16(15)28-21/h7-9,13H,4-6,10H2,1-3H3,(H2,22,25)(H,23,26)/t13-/m1/s1. The quantitative estimate of drug-likeness (QED) is 0.728. The summed E-state index contributed by atoms with van der Waals surface area (Å²) < 4.78 is 5.27. The van der Waals surface area contributed by atoms with Crippen molar-refractivity contribution >= 4 is 34.1 Å². The Hall–Kier alpha value is -2.67. The minimum Gasteiger partial charge on any atom is -0.452 e. The van der Waals surface area contributed by atoms with Crippen LogP contribution in [-0.4, -0.2) is 23.9 Å². The number of amides is 2. The molecule has 0 bridgehead atoms. The third-order valence-electron chi connectivity index (χ3n) is 5.00. The number of primary amides is 1. The van der Waals surface area contributed by atoms with E-state index >= 15 is 0 Å². The summed E-state index contributed by atoms with van der Waals surface area (Å²) in [6.07, 6.45) is 1.79. The van der Waals surface area contributed by atoms with E-state index < -0.39 is 23.9 Å². The molecule has 1 aliphatic rings. The van der Waals surface area contributed by atoms with Crippen LogP contribution in [0.25, 0.3) is 0 Å². The second kappa shape index (κ2) is 8.14. The van der Waals surface area contributed by atoms with Gasteiger partial charge in [0.15, 0.2) is 6.10 Å². The molecule has 1 aromatic heterocycles. The first kappa shape index (κ1) is 20.1. The van der Waals surface area contributed by atoms with Crippen molar-refractivity contribution in [2.24, 2.45) is 5.73 Å². The highest BCUT2D eigenvalue weighted by atomic mass is 32.1. The molecule has 6 nitrogen and oxygen atoms in total. The molecule has 3 rings (SSSR count). The maximum Gasteiger partial charge on any atom is 0.311 e. The zero-order chi connectivity index (χ0) is 20.4. The maximum atomic E-state index is 12.5. The predicted molar refractivity (Wildman–Crippen MR) is 109 cm³/mol. The summed E-state index contributed by atoms with van der Waals surface area (Å²) in [4.78, 5) is 37.6. The van der Waals surface area contributed by atoms with Gasteiger partial charge < -0.3 is 15.8 Å². The summed E-state index contributed by atoms with van der Waals surface area (Å²) in [6, 6.07) is 5.77. The number of benzene rings is 1. The van der Waals surface area contributed by atoms with Crippen LogP contribution in [0, 0.1) is 13.8 Å². The fraction of sp³-hybridized carbons (Fsp3) is 0.381. The van der Waals surface area contributed by atoms with Crippen LogP contribution in [0.15, 0.2) is 18.2 Å². The molecule has 1 aliphatic carbocycles. The van der Waals surface area contributed by atoms with Crippen molar-refractivity contribution in [3.63, 3.8) is 0 Å². The number of thiophene rings is 1. The number of ether oxygens (including phenoxy) is 1. The van der Waals surface area contributed by atoms with Crippen molar-refractivity contribution in [2.45, 2.75) is 52.6 Å². The average molecular weight is 401 g/mol. The fourth-order valence-electron chi connectivity index (χ4n) is 3.34. The van der Waals surface area contributed by atoms with Crippen LogP contribution in [0.3, 0.4) is 0 Å². The van der Waals surface area contributed by atoms with E-state index in [0.717, 1.165) is 46.4 Å². The number of anilines is 1. The molecule has 1 atom stereocenters. The van der Waals surface area contributed by atoms with Crippen LogP contribution in [0.4, 0.5) is 5.00 Å². The van der Waals surface area contributed by atoms with E-state index in [1.54, 1.807) is 0 Å². The summed E-state index contributed by atoms with van der Waals surface area (Å²) in [5.74, 6) is -1.50. The molecule has 0 aliphatic heterocycles. The molecule has 0 saturated carbocycles. The summed E-state index contributed by atoms with van der Waals surface area (Å²) in [5.41, 5.74) is 9.92. The molecule has 1 heterocycles. The zero-order valence-electron chi connectivity index (χ0n) is 16.3. The summed E-state index contributed by atoms with van der Waals surface area (Å²) >= 11 is 1.37. The van der Waals surface area contributed by atoms with Gasteiger partial charge in [0.1, 0.15) is 5.00 Å². The molecule has 148 valence electrons. The summed E-state index contributed by atoms with van der Waals surface area (Å²) in [5, 5.41) is 3.15. The van der Waals surface area contributed by atoms with Crippen LogP contribution in [-0.2, 0) is 33.6 Å². The largest absolute Gasteiger partial charge is 0.452 e. The number of carbonyl (C=O) groups is 3. The van der Waals surface area contributed by atoms with Gasteiger partial charge in [-0.2, -0.15) is 0 Å². The van der Waals surface area contributed by atoms with E-state index in [1.807, 2.05) is 32.0 Å². The molecule has 0 fully saturated rings. The number of rotatable bonds is 6. The van der Waals surface area contributed by atoms with Crippen LogP contribution in [0.5, 0.6) is 0 Å². The minimum atomic E-state index is -0.975. The smallest absolute Gasteiger partial charge is 0.311 e. The maximum absolute atomic E-state index is 12.5. The lowest BCUT2D eigenvalue weighted by Gasteiger charge is -2.14. The van der Waals surface area contributed by atoms with Gasteiger partial charge >= 0.3 is 5.97 Å². The van der Waals surface area contributed by atoms with Crippen molar-refractivity contribution in [1.82, 2.24) is 0 Å². The second-order valence-electron chi connectivity index (χ2n) is 7.14. The molecule has 0 saturated heterocycles. The van der Waals surface area contributed by atoms with Gasteiger partial charge in [-0.3, -0.25) is 14.4 Å². The molecule has 3 N–H and O–H groups in total. The van der Waals surface area contributed by atoms with Gasteiger partial charge in [0.25, 0.3) is 11.8 Å². The van der Waals surface area contributed by atoms with Crippen LogP contribution >= 0.6 is 11.3 Å². The molecule has 7 heteroatoms. The van der Waals surface area contributed by atoms with E-state index in [-0.39, 0.29) is 6.42 Å². The third kappa shape index (κ3) is 4.25. The third-order valence-corrected chi connectivity index (χ3v) is 6.21. The summed E-state index contributed by atoms with van der Waals surface area (Å²) in [7, 11) is 0. The lowest BCUT2D eigenvalue weighted by Crippen LogP contribution is -2.31. The molecule has 0 unspecified atom stereocenters. The van der Waals surface area contributed by atoms with Crippen molar-refractivity contribution in [1.29, 1.82) is 0 Å². The molecular formula is C21H24N2O4S. The van der Waals surface area contributed by atoms with Gasteiger partial charge in [-0.15, -0.1) is 11.3 Å². The number of aryl methyl sites for hydroxylation is 3. The molecule has 0 spiro atoms. The van der Waals surface area contributed by atoms with Gasteiger partial charge in [0, 0.05) is 4.88 Å². The highest BCUT2D eigenvalue weighted by molar-refractivity contribution is 7.17. The SMILES string of the molecule is Cc1ccc(CC(=O)O[C@H](C)C(=O)Nc2sc3c(c2C(N)=O)CCC3)cc1C. The molecule has 1 aromatic carbocycles. The number of hydrogen-bond donors (Lipinski definition) is 2. The van der Waals surface area contributed by atoms with Gasteiger partial charge in [-0.1, -0.05) is 18.2 Å². The molecule has 0 radical (unpaired) electrons.